The van der Waals surface area contributed by atoms with Crippen LogP contribution in [0.5, 0.6) is 0 Å². The molecule has 2 amide bonds. The summed E-state index contributed by atoms with van der Waals surface area (Å²) in [6, 6.07) is 7.22. The van der Waals surface area contributed by atoms with Crippen molar-refractivity contribution in [2.75, 3.05) is 25.1 Å². The number of nitrogens with zero attached hydrogens (tertiary/aromatic N) is 4. The topological polar surface area (TPSA) is 146 Å². The number of halogens is 1. The van der Waals surface area contributed by atoms with Crippen molar-refractivity contribution in [3.05, 3.63) is 41.8 Å². The van der Waals surface area contributed by atoms with Crippen molar-refractivity contribution >= 4 is 23.5 Å². The molecule has 10 nitrogen and oxygen atoms in total. The van der Waals surface area contributed by atoms with E-state index in [1.165, 1.54) is 35.4 Å². The number of anilines is 2. The number of carbonyl (C=O) groups is 2. The highest BCUT2D eigenvalue weighted by Gasteiger charge is 2.42. The van der Waals surface area contributed by atoms with Crippen molar-refractivity contribution in [3.63, 3.8) is 0 Å². The summed E-state index contributed by atoms with van der Waals surface area (Å²) < 4.78 is 20.1. The van der Waals surface area contributed by atoms with Crippen molar-refractivity contribution < 1.29 is 23.8 Å². The van der Waals surface area contributed by atoms with Gasteiger partial charge in [0.2, 0.25) is 0 Å². The Morgan fingerprint density at radius 3 is 2.67 bits per heavy atom. The fourth-order valence-corrected chi connectivity index (χ4v) is 4.61. The number of aromatic nitrogens is 2. The van der Waals surface area contributed by atoms with Gasteiger partial charge in [-0.3, -0.25) is 9.48 Å². The van der Waals surface area contributed by atoms with Gasteiger partial charge in [-0.05, 0) is 43.0 Å². The number of amides is 2. The number of nitrogens with two attached hydrogens (primary N) is 1. The van der Waals surface area contributed by atoms with Crippen molar-refractivity contribution in [3.8, 4) is 6.07 Å². The monoisotopic (exact) mass is 456 g/mol. The Balaban J connectivity index is 1.60. The first-order valence-corrected chi connectivity index (χ1v) is 10.7. The normalized spacial score (nSPS) is 21.6. The number of rotatable bonds is 7. The first-order chi connectivity index (χ1) is 15.9. The molecular formula is C22H25FN6O4. The molecule has 4 rings (SSSR count). The van der Waals surface area contributed by atoms with E-state index in [1.807, 2.05) is 0 Å². The second-order valence-electron chi connectivity index (χ2n) is 8.42. The maximum Gasteiger partial charge on any atom is 0.407 e. The van der Waals surface area contributed by atoms with Gasteiger partial charge in [0.1, 0.15) is 11.4 Å². The lowest BCUT2D eigenvalue weighted by atomic mass is 9.79. The number of carbonyl (C=O) groups excluding carboxylic acids is 1. The van der Waals surface area contributed by atoms with Crippen LogP contribution in [-0.4, -0.2) is 57.6 Å². The van der Waals surface area contributed by atoms with Crippen LogP contribution >= 0.6 is 0 Å². The number of hydrogen-bond acceptors (Lipinski definition) is 6. The van der Waals surface area contributed by atoms with Crippen molar-refractivity contribution in [1.82, 2.24) is 14.7 Å². The van der Waals surface area contributed by atoms with E-state index in [0.717, 1.165) is 0 Å². The molecule has 2 aliphatic heterocycles. The zero-order chi connectivity index (χ0) is 23.5. The van der Waals surface area contributed by atoms with E-state index in [4.69, 9.17) is 10.5 Å². The number of nitrogens with one attached hydrogen (secondary N) is 1. The summed E-state index contributed by atoms with van der Waals surface area (Å²) in [6.45, 7) is 1.39. The summed E-state index contributed by atoms with van der Waals surface area (Å²) in [5.41, 5.74) is 6.23. The highest BCUT2D eigenvalue weighted by Crippen LogP contribution is 2.38. The van der Waals surface area contributed by atoms with E-state index in [2.05, 4.69) is 16.5 Å². The molecule has 174 valence electrons. The quantitative estimate of drug-likeness (QED) is 0.580. The van der Waals surface area contributed by atoms with Gasteiger partial charge in [-0.2, -0.15) is 10.4 Å². The number of piperidine rings is 1. The Bertz CT molecular complexity index is 1060. The zero-order valence-corrected chi connectivity index (χ0v) is 17.9. The molecule has 2 fully saturated rings. The summed E-state index contributed by atoms with van der Waals surface area (Å²) in [4.78, 5) is 25.3. The molecule has 0 radical (unpaired) electrons. The average molecular weight is 456 g/mol. The summed E-state index contributed by atoms with van der Waals surface area (Å²) in [7, 11) is 0. The number of ether oxygens (including phenoxy) is 1. The van der Waals surface area contributed by atoms with Gasteiger partial charge in [0.15, 0.2) is 5.82 Å². The fraction of sp³-hybridized carbons (Fsp3) is 0.455. The number of hydrogen-bond donors (Lipinski definition) is 3. The van der Waals surface area contributed by atoms with Crippen LogP contribution in [0.25, 0.3) is 0 Å². The minimum atomic E-state index is -0.955. The largest absolute Gasteiger partial charge is 0.465 e. The number of primary amides is 1. The summed E-state index contributed by atoms with van der Waals surface area (Å²) in [6.07, 6.45) is 1.83. The van der Waals surface area contributed by atoms with Crippen LogP contribution in [-0.2, 0) is 4.74 Å². The highest BCUT2D eigenvalue weighted by molar-refractivity contribution is 5.98. The number of carboxylic acid groups (broad SMARTS) is 1. The van der Waals surface area contributed by atoms with Crippen molar-refractivity contribution in [2.24, 2.45) is 17.6 Å². The third-order valence-corrected chi connectivity index (χ3v) is 6.43. The molecule has 3 heterocycles. The third-order valence-electron chi connectivity index (χ3n) is 6.43. The Labute approximate surface area is 189 Å². The van der Waals surface area contributed by atoms with Crippen LogP contribution in [0.15, 0.2) is 30.5 Å². The van der Waals surface area contributed by atoms with Gasteiger partial charge in [0.05, 0.1) is 31.7 Å². The van der Waals surface area contributed by atoms with E-state index in [-0.39, 0.29) is 41.7 Å². The summed E-state index contributed by atoms with van der Waals surface area (Å²) >= 11 is 0. The smallest absolute Gasteiger partial charge is 0.407 e. The molecular weight excluding hydrogens is 431 g/mol. The lowest BCUT2D eigenvalue weighted by molar-refractivity contribution is -0.0850. The van der Waals surface area contributed by atoms with Crippen molar-refractivity contribution in [1.29, 1.82) is 5.26 Å². The molecule has 2 saturated heterocycles. The Morgan fingerprint density at radius 1 is 1.36 bits per heavy atom. The van der Waals surface area contributed by atoms with Crippen LogP contribution in [0, 0.1) is 29.0 Å². The van der Waals surface area contributed by atoms with Crippen LogP contribution in [0.4, 0.5) is 20.7 Å². The van der Waals surface area contributed by atoms with Gasteiger partial charge >= 0.3 is 6.09 Å². The van der Waals surface area contributed by atoms with Gasteiger partial charge in [-0.15, -0.1) is 0 Å². The zero-order valence-electron chi connectivity index (χ0n) is 17.9. The lowest BCUT2D eigenvalue weighted by Crippen LogP contribution is -2.54. The van der Waals surface area contributed by atoms with Gasteiger partial charge in [-0.1, -0.05) is 0 Å². The molecule has 33 heavy (non-hydrogen) atoms. The molecule has 2 aliphatic rings. The minimum absolute atomic E-state index is 0.0230. The Morgan fingerprint density at radius 2 is 2.09 bits per heavy atom. The molecule has 3 atom stereocenters. The van der Waals surface area contributed by atoms with E-state index < -0.39 is 17.8 Å². The second-order valence-corrected chi connectivity index (χ2v) is 8.42. The van der Waals surface area contributed by atoms with E-state index >= 15 is 0 Å². The number of likely N-dealkylation sites (tertiary alicyclic amines) is 1. The van der Waals surface area contributed by atoms with Gasteiger partial charge in [-0.25, -0.2) is 9.18 Å². The van der Waals surface area contributed by atoms with Gasteiger partial charge in [0, 0.05) is 30.4 Å². The Kier molecular flexibility index (Phi) is 6.46. The maximum absolute atomic E-state index is 13.2. The second kappa shape index (κ2) is 9.46. The average Bonchev–Trinajstić information content (AvgIpc) is 3.16. The molecule has 2 unspecified atom stereocenters. The van der Waals surface area contributed by atoms with Crippen LogP contribution in [0.1, 0.15) is 35.7 Å². The lowest BCUT2D eigenvalue weighted by Gasteiger charge is -2.46. The standard InChI is InChI=1S/C22H25FN6O4/c23-15-1-3-16(4-2-15)26-21-17(20(25)30)10-29(27-21)18(5-7-24)13-6-8-28(22(31)32)19(9-13)14-11-33-12-14/h1-4,10,13-14,18-19H,5-6,8-9,11-12H2,(H2,25,30)(H,26,27)(H,31,32)/t13?,18-,19?/m0/s1. The van der Waals surface area contributed by atoms with Gasteiger partial charge < -0.3 is 25.8 Å². The van der Waals surface area contributed by atoms with E-state index in [9.17, 15) is 24.3 Å². The van der Waals surface area contributed by atoms with Gasteiger partial charge in [0.25, 0.3) is 5.91 Å². The molecule has 1 aromatic heterocycles. The van der Waals surface area contributed by atoms with E-state index in [0.29, 0.717) is 38.3 Å². The molecule has 4 N–H and O–H groups in total. The molecule has 0 spiro atoms. The first kappa shape index (κ1) is 22.5. The predicted molar refractivity (Wildman–Crippen MR) is 115 cm³/mol. The molecule has 0 aliphatic carbocycles. The molecule has 0 saturated carbocycles. The highest BCUT2D eigenvalue weighted by atomic mass is 19.1. The van der Waals surface area contributed by atoms with E-state index in [1.54, 1.807) is 4.68 Å². The molecule has 11 heteroatoms. The van der Waals surface area contributed by atoms with Crippen molar-refractivity contribution in [2.45, 2.75) is 31.3 Å². The molecule has 0 bridgehead atoms. The summed E-state index contributed by atoms with van der Waals surface area (Å²) in [5, 5.41) is 26.6. The number of nitriles is 1. The molecule has 1 aromatic carbocycles. The summed E-state index contributed by atoms with van der Waals surface area (Å²) in [5.74, 6) is -0.767. The fourth-order valence-electron chi connectivity index (χ4n) is 4.61. The van der Waals surface area contributed by atoms with Crippen LogP contribution in [0.2, 0.25) is 0 Å². The Hall–Kier alpha value is -3.65. The molecule has 2 aromatic rings. The maximum atomic E-state index is 13.2. The number of benzene rings is 1. The predicted octanol–water partition coefficient (Wildman–Crippen LogP) is 2.72. The van der Waals surface area contributed by atoms with Crippen LogP contribution < -0.4 is 11.1 Å². The minimum Gasteiger partial charge on any atom is -0.465 e. The first-order valence-electron chi connectivity index (χ1n) is 10.7. The SMILES string of the molecule is N#CC[C@@H](C1CCN(C(=O)O)C(C2COC2)C1)n1cc(C(N)=O)c(Nc2ccc(F)cc2)n1. The third kappa shape index (κ3) is 4.75. The van der Waals surface area contributed by atoms with Crippen LogP contribution in [0.3, 0.4) is 0 Å².